The maximum atomic E-state index is 13.4. The smallest absolute Gasteiger partial charge is 0.228 e. The minimum absolute atomic E-state index is 0.0754. The maximum absolute atomic E-state index is 13.4. The molecule has 2 aromatic carbocycles. The molecule has 0 bridgehead atoms. The van der Waals surface area contributed by atoms with Crippen molar-refractivity contribution in [2.45, 2.75) is 6.42 Å². The largest absolute Gasteiger partial charge is 0.497 e. The van der Waals surface area contributed by atoms with Gasteiger partial charge < -0.3 is 14.5 Å². The van der Waals surface area contributed by atoms with E-state index < -0.39 is 0 Å². The van der Waals surface area contributed by atoms with Gasteiger partial charge in [0.25, 0.3) is 0 Å². The number of halogens is 1. The Morgan fingerprint density at radius 3 is 2.69 bits per heavy atom. The van der Waals surface area contributed by atoms with Crippen molar-refractivity contribution in [3.8, 4) is 16.3 Å². The maximum Gasteiger partial charge on any atom is 0.228 e. The second-order valence-corrected chi connectivity index (χ2v) is 7.76. The number of anilines is 1. The molecule has 0 spiro atoms. The first-order valence-corrected chi connectivity index (χ1v) is 10.4. The van der Waals surface area contributed by atoms with Gasteiger partial charge in [-0.05, 0) is 24.3 Å². The lowest BCUT2D eigenvalue weighted by Gasteiger charge is -2.36. The Morgan fingerprint density at radius 2 is 1.93 bits per heavy atom. The van der Waals surface area contributed by atoms with Crippen LogP contribution in [-0.4, -0.2) is 49.1 Å². The molecule has 4 rings (SSSR count). The van der Waals surface area contributed by atoms with Crippen LogP contribution >= 0.6 is 11.3 Å². The van der Waals surface area contributed by atoms with Crippen LogP contribution in [0.2, 0.25) is 0 Å². The van der Waals surface area contributed by atoms with Gasteiger partial charge >= 0.3 is 0 Å². The molecule has 0 saturated carbocycles. The quantitative estimate of drug-likeness (QED) is 0.640. The highest BCUT2D eigenvalue weighted by Gasteiger charge is 2.22. The molecule has 2 heterocycles. The molecule has 1 aromatic heterocycles. The summed E-state index contributed by atoms with van der Waals surface area (Å²) in [7, 11) is 1.66. The van der Waals surface area contributed by atoms with E-state index in [1.807, 2.05) is 34.5 Å². The number of hydrogen-bond acceptors (Lipinski definition) is 5. The molecule has 0 radical (unpaired) electrons. The van der Waals surface area contributed by atoms with Gasteiger partial charge in [-0.15, -0.1) is 11.3 Å². The molecule has 150 valence electrons. The van der Waals surface area contributed by atoms with Crippen LogP contribution in [0.3, 0.4) is 0 Å². The Labute approximate surface area is 173 Å². The zero-order valence-electron chi connectivity index (χ0n) is 16.2. The number of nitrogens with zero attached hydrogens (tertiary/aromatic N) is 3. The Balaban J connectivity index is 1.34. The summed E-state index contributed by atoms with van der Waals surface area (Å²) < 4.78 is 18.7. The minimum atomic E-state index is -0.288. The number of carbonyl (C=O) groups is 1. The van der Waals surface area contributed by atoms with E-state index in [-0.39, 0.29) is 18.1 Å². The molecule has 5 nitrogen and oxygen atoms in total. The van der Waals surface area contributed by atoms with Gasteiger partial charge in [0.15, 0.2) is 0 Å². The third-order valence-corrected chi connectivity index (χ3v) is 5.95. The summed E-state index contributed by atoms with van der Waals surface area (Å²) in [6, 6.07) is 14.3. The molecule has 7 heteroatoms. The van der Waals surface area contributed by atoms with Crippen LogP contribution in [0.1, 0.15) is 5.69 Å². The average molecular weight is 412 g/mol. The molecule has 1 amide bonds. The number of thiazole rings is 1. The summed E-state index contributed by atoms with van der Waals surface area (Å²) in [5, 5.41) is 2.61. The van der Waals surface area contributed by atoms with Gasteiger partial charge in [0.1, 0.15) is 16.6 Å². The summed E-state index contributed by atoms with van der Waals surface area (Å²) in [6.07, 6.45) is 0.269. The monoisotopic (exact) mass is 411 g/mol. The van der Waals surface area contributed by atoms with E-state index in [4.69, 9.17) is 4.74 Å². The number of amides is 1. The summed E-state index contributed by atoms with van der Waals surface area (Å²) in [5.41, 5.74) is 2.57. The highest BCUT2D eigenvalue weighted by atomic mass is 32.1. The summed E-state index contributed by atoms with van der Waals surface area (Å²) in [4.78, 5) is 21.4. The predicted octanol–water partition coefficient (Wildman–Crippen LogP) is 3.85. The van der Waals surface area contributed by atoms with Gasteiger partial charge in [0.2, 0.25) is 5.91 Å². The Morgan fingerprint density at radius 1 is 1.14 bits per heavy atom. The molecule has 1 saturated heterocycles. The highest BCUT2D eigenvalue weighted by Crippen LogP contribution is 2.25. The van der Waals surface area contributed by atoms with Crippen molar-refractivity contribution < 1.29 is 13.9 Å². The second-order valence-electron chi connectivity index (χ2n) is 6.90. The van der Waals surface area contributed by atoms with Crippen molar-refractivity contribution in [2.75, 3.05) is 38.2 Å². The fourth-order valence-electron chi connectivity index (χ4n) is 3.43. The van der Waals surface area contributed by atoms with Crippen molar-refractivity contribution >= 4 is 22.9 Å². The van der Waals surface area contributed by atoms with Crippen molar-refractivity contribution in [2.24, 2.45) is 0 Å². The summed E-state index contributed by atoms with van der Waals surface area (Å²) in [6.45, 7) is 2.92. The molecule has 0 aliphatic carbocycles. The Kier molecular flexibility index (Phi) is 5.76. The van der Waals surface area contributed by atoms with Crippen molar-refractivity contribution in [1.29, 1.82) is 0 Å². The predicted molar refractivity (Wildman–Crippen MR) is 113 cm³/mol. The SMILES string of the molecule is COc1cccc(N2CCN(C(=O)Cc3csc(-c4cccc(F)c4)n3)CC2)c1. The zero-order chi connectivity index (χ0) is 20.2. The van der Waals surface area contributed by atoms with E-state index in [1.165, 1.54) is 23.5 Å². The van der Waals surface area contributed by atoms with Gasteiger partial charge in [-0.2, -0.15) is 0 Å². The van der Waals surface area contributed by atoms with Crippen LogP contribution in [0, 0.1) is 5.82 Å². The second kappa shape index (κ2) is 8.61. The number of ether oxygens (including phenoxy) is 1. The number of benzene rings is 2. The Bertz CT molecular complexity index is 999. The van der Waals surface area contributed by atoms with Gasteiger partial charge in [0.05, 0.1) is 19.2 Å². The van der Waals surface area contributed by atoms with Crippen LogP contribution in [0.4, 0.5) is 10.1 Å². The number of hydrogen-bond donors (Lipinski definition) is 0. The van der Waals surface area contributed by atoms with Gasteiger partial charge in [-0.3, -0.25) is 4.79 Å². The first kappa shape index (κ1) is 19.4. The van der Waals surface area contributed by atoms with E-state index in [1.54, 1.807) is 13.2 Å². The third kappa shape index (κ3) is 4.56. The van der Waals surface area contributed by atoms with Crippen LogP contribution in [0.15, 0.2) is 53.9 Å². The minimum Gasteiger partial charge on any atom is -0.497 e. The van der Waals surface area contributed by atoms with Crippen LogP contribution < -0.4 is 9.64 Å². The third-order valence-electron chi connectivity index (χ3n) is 5.01. The number of carbonyl (C=O) groups excluding carboxylic acids is 1. The van der Waals surface area contributed by atoms with Gasteiger partial charge in [-0.1, -0.05) is 18.2 Å². The van der Waals surface area contributed by atoms with Crippen LogP contribution in [0.5, 0.6) is 5.75 Å². The van der Waals surface area contributed by atoms with Gasteiger partial charge in [-0.25, -0.2) is 9.37 Å². The molecular weight excluding hydrogens is 389 g/mol. The van der Waals surface area contributed by atoms with Crippen molar-refractivity contribution in [3.63, 3.8) is 0 Å². The van der Waals surface area contributed by atoms with E-state index in [2.05, 4.69) is 16.0 Å². The number of rotatable bonds is 5. The average Bonchev–Trinajstić information content (AvgIpc) is 3.22. The number of piperazine rings is 1. The molecule has 0 atom stereocenters. The van der Waals surface area contributed by atoms with E-state index in [0.717, 1.165) is 40.8 Å². The van der Waals surface area contributed by atoms with Crippen molar-refractivity contribution in [3.05, 3.63) is 65.4 Å². The van der Waals surface area contributed by atoms with Crippen LogP contribution in [0.25, 0.3) is 10.6 Å². The van der Waals surface area contributed by atoms with Gasteiger partial charge in [0, 0.05) is 48.9 Å². The standard InChI is InChI=1S/C22H22FN3O2S/c1-28-20-7-3-6-19(14-20)25-8-10-26(11-9-25)21(27)13-18-15-29-22(24-18)16-4-2-5-17(23)12-16/h2-7,12,14-15H,8-11,13H2,1H3. The van der Waals surface area contributed by atoms with E-state index in [0.29, 0.717) is 13.1 Å². The molecular formula is C22H22FN3O2S. The molecule has 29 heavy (non-hydrogen) atoms. The Hall–Kier alpha value is -2.93. The lowest BCUT2D eigenvalue weighted by atomic mass is 10.2. The van der Waals surface area contributed by atoms with Crippen molar-refractivity contribution in [1.82, 2.24) is 9.88 Å². The topological polar surface area (TPSA) is 45.7 Å². The molecule has 3 aromatic rings. The highest BCUT2D eigenvalue weighted by molar-refractivity contribution is 7.13. The normalized spacial score (nSPS) is 14.1. The summed E-state index contributed by atoms with van der Waals surface area (Å²) in [5.74, 6) is 0.620. The molecule has 0 unspecified atom stereocenters. The zero-order valence-corrected chi connectivity index (χ0v) is 17.0. The van der Waals surface area contributed by atoms with E-state index >= 15 is 0 Å². The van der Waals surface area contributed by atoms with E-state index in [9.17, 15) is 9.18 Å². The lowest BCUT2D eigenvalue weighted by molar-refractivity contribution is -0.130. The fourth-order valence-corrected chi connectivity index (χ4v) is 4.25. The first-order valence-electron chi connectivity index (χ1n) is 9.49. The lowest BCUT2D eigenvalue weighted by Crippen LogP contribution is -2.49. The first-order chi connectivity index (χ1) is 14.1. The summed E-state index contributed by atoms with van der Waals surface area (Å²) >= 11 is 1.43. The molecule has 1 aliphatic rings. The number of aromatic nitrogens is 1. The molecule has 1 fully saturated rings. The molecule has 1 aliphatic heterocycles. The number of methoxy groups -OCH3 is 1. The van der Waals surface area contributed by atoms with Crippen LogP contribution in [-0.2, 0) is 11.2 Å². The fraction of sp³-hybridized carbons (Fsp3) is 0.273. The molecule has 0 N–H and O–H groups in total.